The van der Waals surface area contributed by atoms with Gasteiger partial charge in [-0.15, -0.1) is 0 Å². The fourth-order valence-electron chi connectivity index (χ4n) is 5.08. The van der Waals surface area contributed by atoms with Gasteiger partial charge in [0.1, 0.15) is 23.0 Å². The second-order valence-corrected chi connectivity index (χ2v) is 11.4. The number of benzene rings is 4. The molecule has 4 aromatic rings. The summed E-state index contributed by atoms with van der Waals surface area (Å²) in [6.07, 6.45) is 0. The van der Waals surface area contributed by atoms with Gasteiger partial charge in [0.15, 0.2) is 0 Å². The van der Waals surface area contributed by atoms with Crippen LogP contribution in [0.25, 0.3) is 0 Å². The van der Waals surface area contributed by atoms with E-state index in [4.69, 9.17) is 0 Å². The first-order chi connectivity index (χ1) is 17.2. The van der Waals surface area contributed by atoms with E-state index in [0.29, 0.717) is 0 Å². The van der Waals surface area contributed by atoms with E-state index in [1.54, 1.807) is 36.4 Å². The van der Waals surface area contributed by atoms with Crippen LogP contribution in [-0.4, -0.2) is 20.4 Å². The van der Waals surface area contributed by atoms with Gasteiger partial charge in [-0.3, -0.25) is 0 Å². The van der Waals surface area contributed by atoms with E-state index in [9.17, 15) is 20.4 Å². The Kier molecular flexibility index (Phi) is 6.49. The van der Waals surface area contributed by atoms with Crippen LogP contribution >= 0.6 is 0 Å². The number of phenols is 4. The van der Waals surface area contributed by atoms with E-state index in [1.165, 1.54) is 0 Å². The molecule has 0 aliphatic rings. The lowest BCUT2D eigenvalue weighted by atomic mass is 9.71. The highest BCUT2D eigenvalue weighted by atomic mass is 16.3. The standard InChI is InChI=1S/C33H36O4/c1-31(2,23-11-17-29(36)27(19-23)32(3,4)21-7-13-25(34)14-8-21)24-12-18-30(37)28(20-24)33(5,6)22-9-15-26(35)16-10-22/h7-20,34-37H,1-6H3. The van der Waals surface area contributed by atoms with Gasteiger partial charge in [0.2, 0.25) is 0 Å². The van der Waals surface area contributed by atoms with Gasteiger partial charge < -0.3 is 20.4 Å². The fraction of sp³-hybridized carbons (Fsp3) is 0.273. The third-order valence-electron chi connectivity index (χ3n) is 7.96. The van der Waals surface area contributed by atoms with Crippen molar-refractivity contribution in [3.63, 3.8) is 0 Å². The van der Waals surface area contributed by atoms with Crippen LogP contribution in [0.1, 0.15) is 74.9 Å². The molecule has 0 saturated heterocycles. The average Bonchev–Trinajstić information content (AvgIpc) is 2.84. The van der Waals surface area contributed by atoms with Gasteiger partial charge >= 0.3 is 0 Å². The molecule has 0 spiro atoms. The summed E-state index contributed by atoms with van der Waals surface area (Å²) in [5, 5.41) is 41.2. The minimum Gasteiger partial charge on any atom is -0.508 e. The van der Waals surface area contributed by atoms with E-state index in [0.717, 1.165) is 33.4 Å². The predicted molar refractivity (Wildman–Crippen MR) is 149 cm³/mol. The van der Waals surface area contributed by atoms with Crippen molar-refractivity contribution < 1.29 is 20.4 Å². The lowest BCUT2D eigenvalue weighted by Gasteiger charge is -2.33. The third kappa shape index (κ3) is 4.76. The third-order valence-corrected chi connectivity index (χ3v) is 7.96. The largest absolute Gasteiger partial charge is 0.508 e. The molecule has 0 amide bonds. The van der Waals surface area contributed by atoms with Crippen molar-refractivity contribution >= 4 is 0 Å². The Bertz CT molecular complexity index is 1300. The summed E-state index contributed by atoms with van der Waals surface area (Å²) in [5.74, 6) is 0.851. The summed E-state index contributed by atoms with van der Waals surface area (Å²) < 4.78 is 0. The van der Waals surface area contributed by atoms with Crippen LogP contribution in [-0.2, 0) is 16.2 Å². The summed E-state index contributed by atoms with van der Waals surface area (Å²) in [6, 6.07) is 25.7. The molecule has 0 aromatic heterocycles. The Hall–Kier alpha value is -3.92. The van der Waals surface area contributed by atoms with E-state index < -0.39 is 16.2 Å². The van der Waals surface area contributed by atoms with E-state index >= 15 is 0 Å². The molecule has 4 aromatic carbocycles. The van der Waals surface area contributed by atoms with Gasteiger partial charge in [0.05, 0.1) is 0 Å². The summed E-state index contributed by atoms with van der Waals surface area (Å²) in [5.41, 5.74) is 4.21. The van der Waals surface area contributed by atoms with Crippen molar-refractivity contribution in [2.75, 3.05) is 0 Å². The smallest absolute Gasteiger partial charge is 0.119 e. The predicted octanol–water partition coefficient (Wildman–Crippen LogP) is 7.49. The Morgan fingerprint density at radius 2 is 0.676 bits per heavy atom. The molecule has 0 radical (unpaired) electrons. The molecular formula is C33H36O4. The van der Waals surface area contributed by atoms with Crippen molar-refractivity contribution in [2.45, 2.75) is 57.8 Å². The van der Waals surface area contributed by atoms with Crippen LogP contribution < -0.4 is 0 Å². The molecule has 4 heteroatoms. The lowest BCUT2D eigenvalue weighted by Crippen LogP contribution is -2.24. The Balaban J connectivity index is 1.79. The molecule has 0 bridgehead atoms. The first-order valence-corrected chi connectivity index (χ1v) is 12.5. The van der Waals surface area contributed by atoms with Crippen LogP contribution in [0.3, 0.4) is 0 Å². The highest BCUT2D eigenvalue weighted by molar-refractivity contribution is 5.54. The van der Waals surface area contributed by atoms with Crippen molar-refractivity contribution in [2.24, 2.45) is 0 Å². The first kappa shape index (κ1) is 26.2. The van der Waals surface area contributed by atoms with Crippen LogP contribution in [0.4, 0.5) is 0 Å². The molecule has 37 heavy (non-hydrogen) atoms. The summed E-state index contributed by atoms with van der Waals surface area (Å²) in [6.45, 7) is 12.5. The van der Waals surface area contributed by atoms with Gasteiger partial charge in [-0.1, -0.05) is 90.1 Å². The van der Waals surface area contributed by atoms with E-state index in [1.807, 2.05) is 36.4 Å². The number of phenolic OH excluding ortho intramolecular Hbond substituents is 4. The zero-order chi connectivity index (χ0) is 27.2. The molecule has 0 unspecified atom stereocenters. The molecule has 4 N–H and O–H groups in total. The molecule has 192 valence electrons. The first-order valence-electron chi connectivity index (χ1n) is 12.5. The Morgan fingerprint density at radius 3 is 1.00 bits per heavy atom. The second kappa shape index (κ2) is 9.19. The summed E-state index contributed by atoms with van der Waals surface area (Å²) in [7, 11) is 0. The van der Waals surface area contributed by atoms with Crippen molar-refractivity contribution in [1.29, 1.82) is 0 Å². The molecule has 0 heterocycles. The summed E-state index contributed by atoms with van der Waals surface area (Å²) in [4.78, 5) is 0. The molecule has 0 saturated carbocycles. The molecule has 0 aliphatic heterocycles. The summed E-state index contributed by atoms with van der Waals surface area (Å²) >= 11 is 0. The zero-order valence-electron chi connectivity index (χ0n) is 22.4. The quantitative estimate of drug-likeness (QED) is 0.223. The van der Waals surface area contributed by atoms with E-state index in [-0.39, 0.29) is 23.0 Å². The maximum atomic E-state index is 10.9. The minimum absolute atomic E-state index is 0.206. The molecule has 4 rings (SSSR count). The van der Waals surface area contributed by atoms with E-state index in [2.05, 4.69) is 53.7 Å². The maximum Gasteiger partial charge on any atom is 0.119 e. The average molecular weight is 497 g/mol. The SMILES string of the molecule is CC(C)(c1ccc(O)c(C(C)(C)c2ccc(O)cc2)c1)c1ccc(O)c(C(C)(C)c2ccc(O)cc2)c1. The minimum atomic E-state index is -0.495. The van der Waals surface area contributed by atoms with Crippen LogP contribution in [0.5, 0.6) is 23.0 Å². The second-order valence-electron chi connectivity index (χ2n) is 11.4. The Morgan fingerprint density at radius 1 is 0.378 bits per heavy atom. The number of aromatic hydroxyl groups is 4. The molecule has 0 fully saturated rings. The monoisotopic (exact) mass is 496 g/mol. The van der Waals surface area contributed by atoms with Crippen molar-refractivity contribution in [1.82, 2.24) is 0 Å². The normalized spacial score (nSPS) is 12.5. The van der Waals surface area contributed by atoms with Crippen molar-refractivity contribution in [3.8, 4) is 23.0 Å². The highest BCUT2D eigenvalue weighted by Gasteiger charge is 2.32. The number of rotatable bonds is 6. The van der Waals surface area contributed by atoms with Crippen LogP contribution in [0.2, 0.25) is 0 Å². The molecule has 0 atom stereocenters. The van der Waals surface area contributed by atoms with Crippen LogP contribution in [0, 0.1) is 0 Å². The number of hydrogen-bond acceptors (Lipinski definition) is 4. The Labute approximate surface area is 219 Å². The van der Waals surface area contributed by atoms with Gasteiger partial charge in [-0.25, -0.2) is 0 Å². The fourth-order valence-corrected chi connectivity index (χ4v) is 5.08. The highest BCUT2D eigenvalue weighted by Crippen LogP contribution is 2.44. The molecule has 4 nitrogen and oxygen atoms in total. The van der Waals surface area contributed by atoms with Crippen LogP contribution in [0.15, 0.2) is 84.9 Å². The molecular weight excluding hydrogens is 460 g/mol. The zero-order valence-corrected chi connectivity index (χ0v) is 22.4. The topological polar surface area (TPSA) is 80.9 Å². The van der Waals surface area contributed by atoms with Gasteiger partial charge in [0.25, 0.3) is 0 Å². The van der Waals surface area contributed by atoms with Gasteiger partial charge in [-0.05, 0) is 58.7 Å². The van der Waals surface area contributed by atoms with Gasteiger partial charge in [-0.2, -0.15) is 0 Å². The van der Waals surface area contributed by atoms with Crippen molar-refractivity contribution in [3.05, 3.63) is 118 Å². The van der Waals surface area contributed by atoms with Gasteiger partial charge in [0, 0.05) is 27.4 Å². The maximum absolute atomic E-state index is 10.9. The molecule has 0 aliphatic carbocycles. The number of hydrogen-bond donors (Lipinski definition) is 4. The lowest BCUT2D eigenvalue weighted by molar-refractivity contribution is 0.450.